The van der Waals surface area contributed by atoms with Crippen LogP contribution in [0.1, 0.15) is 27.7 Å². The number of rotatable bonds is 4. The first-order valence-corrected chi connectivity index (χ1v) is 10.2. The van der Waals surface area contributed by atoms with Crippen molar-refractivity contribution in [2.45, 2.75) is 57.0 Å². The Morgan fingerprint density at radius 3 is 2.47 bits per heavy atom. The summed E-state index contributed by atoms with van der Waals surface area (Å²) >= 11 is 1.15. The monoisotopic (exact) mass is 297 g/mol. The summed E-state index contributed by atoms with van der Waals surface area (Å²) in [5.74, 6) is 0. The van der Waals surface area contributed by atoms with Gasteiger partial charge in [-0.2, -0.15) is 0 Å². The summed E-state index contributed by atoms with van der Waals surface area (Å²) in [7, 11) is -1.90. The lowest BCUT2D eigenvalue weighted by atomic mass is 10.2. The van der Waals surface area contributed by atoms with Gasteiger partial charge in [0.25, 0.3) is 0 Å². The highest BCUT2D eigenvalue weighted by Gasteiger charge is 2.39. The van der Waals surface area contributed by atoms with Gasteiger partial charge in [0.2, 0.25) is 5.12 Å². The summed E-state index contributed by atoms with van der Waals surface area (Å²) in [6, 6.07) is 5.55. The Labute approximate surface area is 121 Å². The highest BCUT2D eigenvalue weighted by Crippen LogP contribution is 2.37. The Balaban J connectivity index is 2.64. The molecular formula is C14H23NO2SSi. The fourth-order valence-electron chi connectivity index (χ4n) is 1.26. The van der Waals surface area contributed by atoms with Crippen molar-refractivity contribution in [3.8, 4) is 0 Å². The summed E-state index contributed by atoms with van der Waals surface area (Å²) in [6.45, 7) is 12.6. The number of thioether (sulfide) groups is 1. The van der Waals surface area contributed by atoms with Crippen LogP contribution in [0.15, 0.2) is 29.4 Å². The highest BCUT2D eigenvalue weighted by molar-refractivity contribution is 8.13. The van der Waals surface area contributed by atoms with Crippen LogP contribution in [0.4, 0.5) is 0 Å². The molecule has 1 atom stereocenters. The summed E-state index contributed by atoms with van der Waals surface area (Å²) in [6.07, 6.45) is 1.29. The Morgan fingerprint density at radius 2 is 2.00 bits per heavy atom. The number of pyridine rings is 1. The smallest absolute Gasteiger partial charge is 0.222 e. The summed E-state index contributed by atoms with van der Waals surface area (Å²) in [5.41, 5.74) is 0. The van der Waals surface area contributed by atoms with E-state index in [1.165, 1.54) is 0 Å². The van der Waals surface area contributed by atoms with Crippen molar-refractivity contribution in [2.75, 3.05) is 0 Å². The molecule has 5 heteroatoms. The highest BCUT2D eigenvalue weighted by atomic mass is 32.2. The topological polar surface area (TPSA) is 39.2 Å². The average Bonchev–Trinajstić information content (AvgIpc) is 2.28. The minimum absolute atomic E-state index is 0.0172. The molecule has 1 aromatic rings. The van der Waals surface area contributed by atoms with E-state index in [2.05, 4.69) is 38.8 Å². The average molecular weight is 297 g/mol. The van der Waals surface area contributed by atoms with Crippen molar-refractivity contribution in [1.29, 1.82) is 0 Å². The van der Waals surface area contributed by atoms with E-state index in [9.17, 15) is 4.79 Å². The van der Waals surface area contributed by atoms with Crippen LogP contribution in [0.2, 0.25) is 18.1 Å². The molecule has 1 heterocycles. The predicted molar refractivity (Wildman–Crippen MR) is 82.8 cm³/mol. The minimum Gasteiger partial charge on any atom is -0.406 e. The van der Waals surface area contributed by atoms with Gasteiger partial charge < -0.3 is 4.43 Å². The maximum Gasteiger partial charge on any atom is 0.222 e. The zero-order valence-electron chi connectivity index (χ0n) is 12.6. The van der Waals surface area contributed by atoms with Gasteiger partial charge in [-0.1, -0.05) is 26.8 Å². The lowest BCUT2D eigenvalue weighted by Crippen LogP contribution is -2.44. The van der Waals surface area contributed by atoms with Crippen LogP contribution < -0.4 is 0 Å². The fourth-order valence-corrected chi connectivity index (χ4v) is 3.37. The van der Waals surface area contributed by atoms with Crippen molar-refractivity contribution in [1.82, 2.24) is 4.98 Å². The van der Waals surface area contributed by atoms with Crippen molar-refractivity contribution in [2.24, 2.45) is 0 Å². The third kappa shape index (κ3) is 4.74. The van der Waals surface area contributed by atoms with Crippen molar-refractivity contribution >= 4 is 25.2 Å². The lowest BCUT2D eigenvalue weighted by molar-refractivity contribution is -0.116. The number of hydrogen-bond acceptors (Lipinski definition) is 4. The van der Waals surface area contributed by atoms with Gasteiger partial charge in [0.05, 0.1) is 0 Å². The molecule has 0 saturated heterocycles. The molecule has 0 aliphatic rings. The standard InChI is InChI=1S/C14H23NO2SSi/c1-11(17-19(5,6)14(2,3)4)13(16)18-12-9-7-8-10-15-12/h7-11H,1-6H3/t11-/m0/s1. The normalized spacial score (nSPS) is 14.2. The van der Waals surface area contributed by atoms with E-state index in [1.54, 1.807) is 6.20 Å². The van der Waals surface area contributed by atoms with E-state index < -0.39 is 14.4 Å². The van der Waals surface area contributed by atoms with Crippen molar-refractivity contribution in [3.05, 3.63) is 24.4 Å². The Morgan fingerprint density at radius 1 is 1.37 bits per heavy atom. The van der Waals surface area contributed by atoms with Gasteiger partial charge in [-0.25, -0.2) is 4.98 Å². The van der Waals surface area contributed by atoms with E-state index in [4.69, 9.17) is 4.43 Å². The number of hydrogen-bond donors (Lipinski definition) is 0. The van der Waals surface area contributed by atoms with Gasteiger partial charge in [0, 0.05) is 6.20 Å². The van der Waals surface area contributed by atoms with Gasteiger partial charge in [-0.15, -0.1) is 0 Å². The third-order valence-electron chi connectivity index (χ3n) is 3.45. The van der Waals surface area contributed by atoms with Crippen molar-refractivity contribution in [3.63, 3.8) is 0 Å². The molecule has 0 unspecified atom stereocenters. The van der Waals surface area contributed by atoms with Crippen LogP contribution in [0, 0.1) is 0 Å². The summed E-state index contributed by atoms with van der Waals surface area (Å²) < 4.78 is 6.08. The first-order chi connectivity index (χ1) is 8.63. The van der Waals surface area contributed by atoms with Gasteiger partial charge in [0.1, 0.15) is 11.1 Å². The second kappa shape index (κ2) is 6.20. The van der Waals surface area contributed by atoms with Crippen LogP contribution >= 0.6 is 11.8 Å². The van der Waals surface area contributed by atoms with Crippen LogP contribution in [-0.4, -0.2) is 24.5 Å². The fraction of sp³-hybridized carbons (Fsp3) is 0.571. The van der Waals surface area contributed by atoms with Crippen molar-refractivity contribution < 1.29 is 9.22 Å². The second-order valence-electron chi connectivity index (χ2n) is 6.11. The molecule has 3 nitrogen and oxygen atoms in total. The maximum atomic E-state index is 12.1. The molecule has 0 bridgehead atoms. The summed E-state index contributed by atoms with van der Waals surface area (Å²) in [4.78, 5) is 16.3. The van der Waals surface area contributed by atoms with E-state index in [1.807, 2.05) is 25.1 Å². The van der Waals surface area contributed by atoms with Gasteiger partial charge >= 0.3 is 0 Å². The third-order valence-corrected chi connectivity index (χ3v) is 8.99. The molecule has 106 valence electrons. The molecule has 0 fully saturated rings. The number of aromatic nitrogens is 1. The number of carbonyl (C=O) groups is 1. The zero-order valence-corrected chi connectivity index (χ0v) is 14.4. The largest absolute Gasteiger partial charge is 0.406 e. The molecule has 1 aromatic heterocycles. The molecule has 0 aliphatic heterocycles. The van der Waals surface area contributed by atoms with Crippen LogP contribution in [0.3, 0.4) is 0 Å². The maximum absolute atomic E-state index is 12.1. The van der Waals surface area contributed by atoms with Gasteiger partial charge in [-0.3, -0.25) is 4.79 Å². The first kappa shape index (κ1) is 16.4. The van der Waals surface area contributed by atoms with Gasteiger partial charge in [0.15, 0.2) is 8.32 Å². The zero-order chi connectivity index (χ0) is 14.7. The lowest BCUT2D eigenvalue weighted by Gasteiger charge is -2.37. The molecule has 0 aliphatic carbocycles. The molecule has 0 amide bonds. The first-order valence-electron chi connectivity index (χ1n) is 6.44. The Hall–Kier alpha value is -0.653. The molecular weight excluding hydrogens is 274 g/mol. The molecule has 19 heavy (non-hydrogen) atoms. The molecule has 1 rings (SSSR count). The molecule has 0 saturated carbocycles. The van der Waals surface area contributed by atoms with Gasteiger partial charge in [-0.05, 0) is 49.0 Å². The van der Waals surface area contributed by atoms with Crippen LogP contribution in [-0.2, 0) is 9.22 Å². The molecule has 0 aromatic carbocycles. The molecule has 0 radical (unpaired) electrons. The molecule has 0 N–H and O–H groups in total. The van der Waals surface area contributed by atoms with E-state index in [0.717, 1.165) is 16.8 Å². The summed E-state index contributed by atoms with van der Waals surface area (Å²) in [5, 5.41) is 0.846. The Kier molecular flexibility index (Phi) is 5.35. The SMILES string of the molecule is C[C@H](O[Si](C)(C)C(C)(C)C)C(=O)Sc1ccccn1. The van der Waals surface area contributed by atoms with E-state index >= 15 is 0 Å². The van der Waals surface area contributed by atoms with Crippen LogP contribution in [0.25, 0.3) is 0 Å². The molecule has 0 spiro atoms. The minimum atomic E-state index is -1.90. The second-order valence-corrected chi connectivity index (χ2v) is 11.9. The number of nitrogens with zero attached hydrogens (tertiary/aromatic N) is 1. The Bertz CT molecular complexity index is 429. The quantitative estimate of drug-likeness (QED) is 0.619. The van der Waals surface area contributed by atoms with E-state index in [0.29, 0.717) is 0 Å². The number of carbonyl (C=O) groups excluding carboxylic acids is 1. The van der Waals surface area contributed by atoms with Crippen LogP contribution in [0.5, 0.6) is 0 Å². The predicted octanol–water partition coefficient (Wildman–Crippen LogP) is 4.11. The van der Waals surface area contributed by atoms with E-state index in [-0.39, 0.29) is 10.2 Å².